The van der Waals surface area contributed by atoms with Crippen LogP contribution in [0.3, 0.4) is 0 Å². The number of amides is 1. The van der Waals surface area contributed by atoms with Crippen LogP contribution in [0.5, 0.6) is 0 Å². The molecule has 0 radical (unpaired) electrons. The minimum Gasteiger partial charge on any atom is -0.341 e. The van der Waals surface area contributed by atoms with E-state index < -0.39 is 0 Å². The third kappa shape index (κ3) is 3.79. The van der Waals surface area contributed by atoms with Gasteiger partial charge in [0.1, 0.15) is 0 Å². The van der Waals surface area contributed by atoms with Gasteiger partial charge in [-0.05, 0) is 42.5 Å². The van der Waals surface area contributed by atoms with Gasteiger partial charge in [0.15, 0.2) is 0 Å². The monoisotopic (exact) mass is 275 g/mol. The Labute approximate surface area is 121 Å². The highest BCUT2D eigenvalue weighted by atomic mass is 16.2. The topological polar surface area (TPSA) is 59.2 Å². The number of nitrogens with two attached hydrogens (primary N) is 1. The van der Waals surface area contributed by atoms with Crippen molar-refractivity contribution in [2.75, 3.05) is 13.6 Å². The first kappa shape index (κ1) is 15.0. The summed E-state index contributed by atoms with van der Waals surface area (Å²) in [7, 11) is 1.87. The molecule has 1 heterocycles. The smallest absolute Gasteiger partial charge is 0.223 e. The molecule has 1 aromatic heterocycles. The highest BCUT2D eigenvalue weighted by Gasteiger charge is 2.33. The van der Waals surface area contributed by atoms with Crippen LogP contribution in [-0.4, -0.2) is 29.4 Å². The van der Waals surface area contributed by atoms with E-state index in [1.54, 1.807) is 17.3 Å². The molecule has 0 unspecified atom stereocenters. The molecule has 1 aliphatic carbocycles. The number of carbonyl (C=O) groups is 1. The van der Waals surface area contributed by atoms with Crippen molar-refractivity contribution in [1.29, 1.82) is 0 Å². The summed E-state index contributed by atoms with van der Waals surface area (Å²) < 4.78 is 0. The number of carbonyl (C=O) groups excluding carboxylic acids is 1. The lowest BCUT2D eigenvalue weighted by molar-refractivity contribution is -0.133. The van der Waals surface area contributed by atoms with Gasteiger partial charge in [-0.25, -0.2) is 0 Å². The fraction of sp³-hybridized carbons (Fsp3) is 0.625. The van der Waals surface area contributed by atoms with Crippen molar-refractivity contribution in [3.8, 4) is 0 Å². The predicted octanol–water partition coefficient (Wildman–Crippen LogP) is 2.34. The summed E-state index contributed by atoms with van der Waals surface area (Å²) in [6.45, 7) is 1.27. The normalized spacial score (nSPS) is 17.7. The molecule has 2 N–H and O–H groups in total. The second-order valence-electron chi connectivity index (χ2n) is 6.05. The molecule has 1 fully saturated rings. The Morgan fingerprint density at radius 2 is 1.95 bits per heavy atom. The molecule has 0 bridgehead atoms. The van der Waals surface area contributed by atoms with E-state index in [4.69, 9.17) is 5.73 Å². The average molecular weight is 275 g/mol. The highest BCUT2D eigenvalue weighted by molar-refractivity contribution is 5.76. The second kappa shape index (κ2) is 6.84. The maximum absolute atomic E-state index is 12.4. The highest BCUT2D eigenvalue weighted by Crippen LogP contribution is 2.38. The maximum Gasteiger partial charge on any atom is 0.223 e. The van der Waals surface area contributed by atoms with E-state index in [0.717, 1.165) is 18.4 Å². The van der Waals surface area contributed by atoms with Crippen LogP contribution in [0.4, 0.5) is 0 Å². The molecule has 4 heteroatoms. The molecular weight excluding hydrogens is 250 g/mol. The first-order chi connectivity index (χ1) is 9.65. The quantitative estimate of drug-likeness (QED) is 0.897. The van der Waals surface area contributed by atoms with Crippen LogP contribution in [0.1, 0.15) is 44.1 Å². The Kier molecular flexibility index (Phi) is 5.12. The van der Waals surface area contributed by atoms with E-state index >= 15 is 0 Å². The van der Waals surface area contributed by atoms with Gasteiger partial charge in [0.05, 0.1) is 0 Å². The van der Waals surface area contributed by atoms with Crippen LogP contribution in [0.2, 0.25) is 0 Å². The molecule has 110 valence electrons. The first-order valence-corrected chi connectivity index (χ1v) is 7.48. The second-order valence-corrected chi connectivity index (χ2v) is 6.05. The van der Waals surface area contributed by atoms with Crippen molar-refractivity contribution < 1.29 is 4.79 Å². The van der Waals surface area contributed by atoms with E-state index in [1.165, 1.54) is 19.3 Å². The Hall–Kier alpha value is -1.42. The van der Waals surface area contributed by atoms with E-state index in [-0.39, 0.29) is 11.3 Å². The molecule has 20 heavy (non-hydrogen) atoms. The minimum atomic E-state index is 0.0435. The molecule has 0 atom stereocenters. The van der Waals surface area contributed by atoms with Gasteiger partial charge in [-0.1, -0.05) is 19.3 Å². The van der Waals surface area contributed by atoms with Crippen molar-refractivity contribution in [2.45, 2.75) is 45.1 Å². The summed E-state index contributed by atoms with van der Waals surface area (Å²) in [5.74, 6) is 0.203. The zero-order chi connectivity index (χ0) is 14.4. The number of hydrogen-bond acceptors (Lipinski definition) is 3. The van der Waals surface area contributed by atoms with Crippen molar-refractivity contribution in [3.63, 3.8) is 0 Å². The largest absolute Gasteiger partial charge is 0.341 e. The third-order valence-electron chi connectivity index (χ3n) is 4.47. The Balaban J connectivity index is 1.93. The van der Waals surface area contributed by atoms with Crippen molar-refractivity contribution in [1.82, 2.24) is 9.88 Å². The van der Waals surface area contributed by atoms with Gasteiger partial charge in [-0.2, -0.15) is 0 Å². The zero-order valence-electron chi connectivity index (χ0n) is 12.3. The number of aromatic nitrogens is 1. The molecule has 0 aromatic carbocycles. The fourth-order valence-corrected chi connectivity index (χ4v) is 3.06. The van der Waals surface area contributed by atoms with Gasteiger partial charge < -0.3 is 10.6 Å². The maximum atomic E-state index is 12.4. The molecule has 2 rings (SSSR count). The van der Waals surface area contributed by atoms with Crippen LogP contribution in [0.25, 0.3) is 0 Å². The van der Waals surface area contributed by atoms with Crippen molar-refractivity contribution in [2.24, 2.45) is 11.1 Å². The van der Waals surface area contributed by atoms with Crippen LogP contribution in [-0.2, 0) is 11.3 Å². The number of pyridine rings is 1. The lowest BCUT2D eigenvalue weighted by atomic mass is 9.71. The number of rotatable bonds is 5. The summed E-state index contributed by atoms with van der Waals surface area (Å²) in [5.41, 5.74) is 7.12. The summed E-state index contributed by atoms with van der Waals surface area (Å²) >= 11 is 0. The van der Waals surface area contributed by atoms with Gasteiger partial charge in [-0.3, -0.25) is 9.78 Å². The minimum absolute atomic E-state index is 0.0435. The van der Waals surface area contributed by atoms with Gasteiger partial charge in [0.25, 0.3) is 0 Å². The molecule has 1 saturated carbocycles. The standard InChI is InChI=1S/C16H25N3O/c1-19(12-14-5-9-18-10-6-14)15(20)11-16(13-17)7-3-2-4-8-16/h5-6,9-10H,2-4,7-8,11-13,17H2,1H3. The van der Waals surface area contributed by atoms with E-state index in [9.17, 15) is 4.79 Å². The first-order valence-electron chi connectivity index (χ1n) is 7.48. The third-order valence-corrected chi connectivity index (χ3v) is 4.47. The Morgan fingerprint density at radius 3 is 2.55 bits per heavy atom. The van der Waals surface area contributed by atoms with Crippen molar-refractivity contribution >= 4 is 5.91 Å². The van der Waals surface area contributed by atoms with E-state index in [2.05, 4.69) is 4.98 Å². The van der Waals surface area contributed by atoms with Crippen LogP contribution >= 0.6 is 0 Å². The van der Waals surface area contributed by atoms with E-state index in [0.29, 0.717) is 19.5 Å². The summed E-state index contributed by atoms with van der Waals surface area (Å²) in [6.07, 6.45) is 9.99. The van der Waals surface area contributed by atoms with Gasteiger partial charge in [0.2, 0.25) is 5.91 Å². The van der Waals surface area contributed by atoms with Crippen molar-refractivity contribution in [3.05, 3.63) is 30.1 Å². The molecule has 4 nitrogen and oxygen atoms in total. The molecule has 0 spiro atoms. The van der Waals surface area contributed by atoms with Crippen LogP contribution in [0, 0.1) is 5.41 Å². The van der Waals surface area contributed by atoms with Gasteiger partial charge >= 0.3 is 0 Å². The number of nitrogens with zero attached hydrogens (tertiary/aromatic N) is 2. The molecule has 1 amide bonds. The van der Waals surface area contributed by atoms with Gasteiger partial charge in [0, 0.05) is 32.4 Å². The molecule has 1 aliphatic rings. The summed E-state index contributed by atoms with van der Waals surface area (Å²) in [4.78, 5) is 18.2. The summed E-state index contributed by atoms with van der Waals surface area (Å²) in [6, 6.07) is 3.90. The lowest BCUT2D eigenvalue weighted by Gasteiger charge is -2.36. The SMILES string of the molecule is CN(Cc1ccncc1)C(=O)CC1(CN)CCCCC1. The molecule has 0 aliphatic heterocycles. The van der Waals surface area contributed by atoms with Crippen LogP contribution in [0.15, 0.2) is 24.5 Å². The number of hydrogen-bond donors (Lipinski definition) is 1. The predicted molar refractivity (Wildman–Crippen MR) is 79.9 cm³/mol. The fourth-order valence-electron chi connectivity index (χ4n) is 3.06. The zero-order valence-corrected chi connectivity index (χ0v) is 12.3. The Bertz CT molecular complexity index is 427. The van der Waals surface area contributed by atoms with Crippen LogP contribution < -0.4 is 5.73 Å². The Morgan fingerprint density at radius 1 is 1.30 bits per heavy atom. The molecule has 0 saturated heterocycles. The molecular formula is C16H25N3O. The summed E-state index contributed by atoms with van der Waals surface area (Å²) in [5, 5.41) is 0. The van der Waals surface area contributed by atoms with E-state index in [1.807, 2.05) is 19.2 Å². The van der Waals surface area contributed by atoms with Gasteiger partial charge in [-0.15, -0.1) is 0 Å². The lowest BCUT2D eigenvalue weighted by Crippen LogP contribution is -2.39. The average Bonchev–Trinajstić information content (AvgIpc) is 2.49. The molecule has 1 aromatic rings.